The van der Waals surface area contributed by atoms with Gasteiger partial charge in [0.05, 0.1) is 10.5 Å². The highest BCUT2D eigenvalue weighted by atomic mass is 35.5. The van der Waals surface area contributed by atoms with Gasteiger partial charge in [-0.2, -0.15) is 0 Å². The molecule has 7 nitrogen and oxygen atoms in total. The Balaban J connectivity index is 3.10. The molecule has 0 unspecified atom stereocenters. The van der Waals surface area contributed by atoms with Gasteiger partial charge in [0.1, 0.15) is 11.6 Å². The number of hydrogen-bond donors (Lipinski definition) is 1. The van der Waals surface area contributed by atoms with Crippen LogP contribution in [0.2, 0.25) is 5.02 Å². The Morgan fingerprint density at radius 1 is 1.50 bits per heavy atom. The molecule has 0 saturated heterocycles. The van der Waals surface area contributed by atoms with E-state index in [0.717, 1.165) is 11.0 Å². The molecule has 1 rings (SSSR count). The summed E-state index contributed by atoms with van der Waals surface area (Å²) in [5, 5.41) is 18.9. The van der Waals surface area contributed by atoms with E-state index in [4.69, 9.17) is 16.7 Å². The van der Waals surface area contributed by atoms with E-state index in [1.807, 2.05) is 0 Å². The number of aliphatic carboxylic acids is 1. The lowest BCUT2D eigenvalue weighted by Crippen LogP contribution is -2.32. The van der Waals surface area contributed by atoms with Crippen LogP contribution >= 0.6 is 11.6 Å². The third-order valence-corrected chi connectivity index (χ3v) is 2.52. The lowest BCUT2D eigenvalue weighted by atomic mass is 10.1. The third kappa shape index (κ3) is 2.95. The number of nitro groups is 1. The van der Waals surface area contributed by atoms with Crippen LogP contribution in [-0.4, -0.2) is 40.4 Å². The van der Waals surface area contributed by atoms with Crippen LogP contribution in [0.25, 0.3) is 0 Å². The summed E-state index contributed by atoms with van der Waals surface area (Å²) in [6, 6.07) is 3.78. The first-order valence-corrected chi connectivity index (χ1v) is 5.12. The van der Waals surface area contributed by atoms with E-state index in [2.05, 4.69) is 0 Å². The second kappa shape index (κ2) is 5.46. The molecule has 0 aromatic heterocycles. The molecule has 96 valence electrons. The summed E-state index contributed by atoms with van der Waals surface area (Å²) in [7, 11) is 1.27. The van der Waals surface area contributed by atoms with Gasteiger partial charge in [-0.25, -0.2) is 0 Å². The van der Waals surface area contributed by atoms with Crippen molar-refractivity contribution < 1.29 is 19.6 Å². The number of amides is 1. The molecule has 0 spiro atoms. The molecule has 0 radical (unpaired) electrons. The van der Waals surface area contributed by atoms with Gasteiger partial charge in [-0.3, -0.25) is 19.7 Å². The summed E-state index contributed by atoms with van der Waals surface area (Å²) in [6.45, 7) is -0.516. The molecule has 1 N–H and O–H groups in total. The van der Waals surface area contributed by atoms with Crippen LogP contribution in [0.1, 0.15) is 10.4 Å². The minimum Gasteiger partial charge on any atom is -0.480 e. The summed E-state index contributed by atoms with van der Waals surface area (Å²) in [6.07, 6.45) is 0. The monoisotopic (exact) mass is 272 g/mol. The molecular weight excluding hydrogens is 264 g/mol. The number of likely N-dealkylation sites (N-methyl/N-ethyl adjacent to an activating group) is 1. The fourth-order valence-electron chi connectivity index (χ4n) is 1.31. The molecule has 0 fully saturated rings. The average molecular weight is 273 g/mol. The minimum atomic E-state index is -1.19. The number of hydrogen-bond acceptors (Lipinski definition) is 4. The Kier molecular flexibility index (Phi) is 4.22. The maximum absolute atomic E-state index is 11.8. The first kappa shape index (κ1) is 13.9. The standard InChI is InChI=1S/C10H9ClN2O5/c1-12(5-8(14)15)10(16)6-3-2-4-7(9(6)11)13(17)18/h2-4H,5H2,1H3,(H,14,15). The van der Waals surface area contributed by atoms with Crippen LogP contribution < -0.4 is 0 Å². The van der Waals surface area contributed by atoms with E-state index >= 15 is 0 Å². The number of carbonyl (C=O) groups is 2. The summed E-state index contributed by atoms with van der Waals surface area (Å²) in [5.74, 6) is -1.88. The molecule has 1 aromatic carbocycles. The van der Waals surface area contributed by atoms with Gasteiger partial charge in [0, 0.05) is 13.1 Å². The van der Waals surface area contributed by atoms with Gasteiger partial charge >= 0.3 is 5.97 Å². The molecule has 18 heavy (non-hydrogen) atoms. The molecule has 0 aliphatic carbocycles. The smallest absolute Gasteiger partial charge is 0.323 e. The van der Waals surface area contributed by atoms with E-state index in [0.29, 0.717) is 0 Å². The molecule has 8 heteroatoms. The number of carboxylic acids is 1. The lowest BCUT2D eigenvalue weighted by molar-refractivity contribution is -0.384. The maximum atomic E-state index is 11.8. The highest BCUT2D eigenvalue weighted by Gasteiger charge is 2.22. The van der Waals surface area contributed by atoms with E-state index in [1.165, 1.54) is 19.2 Å². The van der Waals surface area contributed by atoms with E-state index < -0.39 is 29.0 Å². The van der Waals surface area contributed by atoms with Crippen LogP contribution in [0.15, 0.2) is 18.2 Å². The average Bonchev–Trinajstić information content (AvgIpc) is 2.27. The van der Waals surface area contributed by atoms with Gasteiger partial charge in [-0.1, -0.05) is 17.7 Å². The Bertz CT molecular complexity index is 517. The van der Waals surface area contributed by atoms with Gasteiger partial charge in [0.2, 0.25) is 0 Å². The number of carbonyl (C=O) groups excluding carboxylic acids is 1. The van der Waals surface area contributed by atoms with Crippen LogP contribution in [0.5, 0.6) is 0 Å². The summed E-state index contributed by atoms with van der Waals surface area (Å²) in [5.41, 5.74) is -0.499. The highest BCUT2D eigenvalue weighted by molar-refractivity contribution is 6.35. The second-order valence-corrected chi connectivity index (χ2v) is 3.83. The number of nitro benzene ring substituents is 1. The topological polar surface area (TPSA) is 101 Å². The fourth-order valence-corrected chi connectivity index (χ4v) is 1.58. The van der Waals surface area contributed by atoms with Crippen LogP contribution in [0.3, 0.4) is 0 Å². The van der Waals surface area contributed by atoms with Gasteiger partial charge in [0.15, 0.2) is 0 Å². The maximum Gasteiger partial charge on any atom is 0.323 e. The predicted molar refractivity (Wildman–Crippen MR) is 62.7 cm³/mol. The van der Waals surface area contributed by atoms with E-state index in [1.54, 1.807) is 0 Å². The fraction of sp³-hybridized carbons (Fsp3) is 0.200. The zero-order valence-electron chi connectivity index (χ0n) is 9.29. The molecule has 0 aliphatic heterocycles. The number of rotatable bonds is 4. The second-order valence-electron chi connectivity index (χ2n) is 3.45. The van der Waals surface area contributed by atoms with Crippen LogP contribution in [0, 0.1) is 10.1 Å². The molecule has 0 bridgehead atoms. The molecule has 0 heterocycles. The van der Waals surface area contributed by atoms with Crippen molar-refractivity contribution in [2.45, 2.75) is 0 Å². The lowest BCUT2D eigenvalue weighted by Gasteiger charge is -2.15. The van der Waals surface area contributed by atoms with Crippen molar-refractivity contribution in [2.24, 2.45) is 0 Å². The van der Waals surface area contributed by atoms with Crippen molar-refractivity contribution in [2.75, 3.05) is 13.6 Å². The zero-order chi connectivity index (χ0) is 13.9. The zero-order valence-corrected chi connectivity index (χ0v) is 10.0. The number of benzene rings is 1. The first-order chi connectivity index (χ1) is 8.34. The summed E-state index contributed by atoms with van der Waals surface area (Å²) < 4.78 is 0. The van der Waals surface area contributed by atoms with Gasteiger partial charge in [-0.05, 0) is 6.07 Å². The van der Waals surface area contributed by atoms with Crippen LogP contribution in [0.4, 0.5) is 5.69 Å². The number of nitrogens with zero attached hydrogens (tertiary/aromatic N) is 2. The third-order valence-electron chi connectivity index (χ3n) is 2.12. The molecule has 0 saturated carbocycles. The van der Waals surface area contributed by atoms with E-state index in [9.17, 15) is 19.7 Å². The normalized spacial score (nSPS) is 9.89. The van der Waals surface area contributed by atoms with Crippen LogP contribution in [-0.2, 0) is 4.79 Å². The number of halogens is 1. The molecular formula is C10H9ClN2O5. The van der Waals surface area contributed by atoms with Gasteiger partial charge in [-0.15, -0.1) is 0 Å². The molecule has 1 amide bonds. The first-order valence-electron chi connectivity index (χ1n) is 4.74. The van der Waals surface area contributed by atoms with Gasteiger partial charge < -0.3 is 10.0 Å². The predicted octanol–water partition coefficient (Wildman–Crippen LogP) is 1.40. The van der Waals surface area contributed by atoms with E-state index in [-0.39, 0.29) is 10.6 Å². The number of carboxylic acid groups (broad SMARTS) is 1. The van der Waals surface area contributed by atoms with Crippen molar-refractivity contribution in [1.29, 1.82) is 0 Å². The summed E-state index contributed by atoms with van der Waals surface area (Å²) >= 11 is 5.74. The molecule has 1 aromatic rings. The van der Waals surface area contributed by atoms with Crippen molar-refractivity contribution >= 4 is 29.2 Å². The van der Waals surface area contributed by atoms with Gasteiger partial charge in [0.25, 0.3) is 11.6 Å². The largest absolute Gasteiger partial charge is 0.480 e. The van der Waals surface area contributed by atoms with Crippen molar-refractivity contribution in [3.05, 3.63) is 38.9 Å². The Hall–Kier alpha value is -2.15. The SMILES string of the molecule is CN(CC(=O)O)C(=O)c1cccc([N+](=O)[O-])c1Cl. The molecule has 0 aliphatic rings. The minimum absolute atomic E-state index is 0.102. The Morgan fingerprint density at radius 3 is 2.61 bits per heavy atom. The van der Waals surface area contributed by atoms with Crippen molar-refractivity contribution in [3.63, 3.8) is 0 Å². The Labute approximate surface area is 107 Å². The highest BCUT2D eigenvalue weighted by Crippen LogP contribution is 2.28. The molecule has 0 atom stereocenters. The van der Waals surface area contributed by atoms with Crippen molar-refractivity contribution in [1.82, 2.24) is 4.90 Å². The summed E-state index contributed by atoms with van der Waals surface area (Å²) in [4.78, 5) is 33.1. The Morgan fingerprint density at radius 2 is 2.11 bits per heavy atom. The quantitative estimate of drug-likeness (QED) is 0.659. The van der Waals surface area contributed by atoms with Crippen molar-refractivity contribution in [3.8, 4) is 0 Å².